The predicted octanol–water partition coefficient (Wildman–Crippen LogP) is 3.11. The average molecular weight is 320 g/mol. The summed E-state index contributed by atoms with van der Waals surface area (Å²) in [5.41, 5.74) is 3.25. The minimum absolute atomic E-state index is 0.652. The van der Waals surface area contributed by atoms with Crippen LogP contribution in [0.1, 0.15) is 30.9 Å². The Morgan fingerprint density at radius 1 is 1.12 bits per heavy atom. The van der Waals surface area contributed by atoms with Crippen molar-refractivity contribution in [3.8, 4) is 11.3 Å². The van der Waals surface area contributed by atoms with E-state index >= 15 is 0 Å². The molecule has 0 unspecified atom stereocenters. The van der Waals surface area contributed by atoms with E-state index in [1.54, 1.807) is 12.4 Å². The number of rotatable bonds is 7. The fourth-order valence-corrected chi connectivity index (χ4v) is 2.80. The van der Waals surface area contributed by atoms with Gasteiger partial charge < -0.3 is 5.32 Å². The van der Waals surface area contributed by atoms with Crippen molar-refractivity contribution in [1.29, 1.82) is 0 Å². The Morgan fingerprint density at radius 3 is 2.92 bits per heavy atom. The zero-order valence-electron chi connectivity index (χ0n) is 13.5. The van der Waals surface area contributed by atoms with Crippen LogP contribution in [0.25, 0.3) is 11.3 Å². The summed E-state index contributed by atoms with van der Waals surface area (Å²) in [5, 5.41) is 7.72. The van der Waals surface area contributed by atoms with E-state index in [1.165, 1.54) is 18.5 Å². The molecule has 1 aliphatic carbocycles. The first-order valence-corrected chi connectivity index (χ1v) is 8.39. The van der Waals surface area contributed by atoms with Crippen LogP contribution in [0.5, 0.6) is 0 Å². The monoisotopic (exact) mass is 320 g/mol. The molecule has 0 aromatic carbocycles. The lowest BCUT2D eigenvalue weighted by Gasteiger charge is -2.08. The van der Waals surface area contributed by atoms with Gasteiger partial charge >= 0.3 is 0 Å². The molecule has 0 spiro atoms. The van der Waals surface area contributed by atoms with Gasteiger partial charge in [-0.2, -0.15) is 5.10 Å². The van der Waals surface area contributed by atoms with Crippen molar-refractivity contribution < 1.29 is 0 Å². The number of hydrogen-bond donors (Lipinski definition) is 1. The van der Waals surface area contributed by atoms with E-state index in [0.29, 0.717) is 5.95 Å². The Bertz CT molecular complexity index is 794. The first-order chi connectivity index (χ1) is 11.9. The Balaban J connectivity index is 1.32. The first-order valence-electron chi connectivity index (χ1n) is 8.39. The van der Waals surface area contributed by atoms with E-state index in [1.807, 2.05) is 30.6 Å². The van der Waals surface area contributed by atoms with Gasteiger partial charge in [0, 0.05) is 55.1 Å². The van der Waals surface area contributed by atoms with Gasteiger partial charge in [-0.1, -0.05) is 0 Å². The maximum atomic E-state index is 4.55. The Hall–Kier alpha value is -2.76. The molecule has 0 saturated heterocycles. The van der Waals surface area contributed by atoms with Crippen molar-refractivity contribution in [3.05, 3.63) is 54.7 Å². The second-order valence-electron chi connectivity index (χ2n) is 6.04. The van der Waals surface area contributed by atoms with Crippen LogP contribution in [0.4, 0.5) is 5.95 Å². The summed E-state index contributed by atoms with van der Waals surface area (Å²) in [6, 6.07) is 7.95. The minimum atomic E-state index is 0.652. The number of aromatic nitrogens is 5. The first kappa shape index (κ1) is 14.8. The third-order valence-electron chi connectivity index (χ3n) is 4.19. The molecule has 4 rings (SSSR count). The van der Waals surface area contributed by atoms with Gasteiger partial charge in [-0.05, 0) is 43.5 Å². The summed E-state index contributed by atoms with van der Waals surface area (Å²) in [7, 11) is 0. The fraction of sp³-hybridized carbons (Fsp3) is 0.333. The molecule has 0 amide bonds. The van der Waals surface area contributed by atoms with Gasteiger partial charge in [0.2, 0.25) is 5.95 Å². The van der Waals surface area contributed by atoms with Gasteiger partial charge in [0.25, 0.3) is 0 Å². The molecule has 3 heterocycles. The highest BCUT2D eigenvalue weighted by molar-refractivity contribution is 5.58. The molecule has 122 valence electrons. The molecule has 1 saturated carbocycles. The van der Waals surface area contributed by atoms with Crippen LogP contribution >= 0.6 is 0 Å². The summed E-state index contributed by atoms with van der Waals surface area (Å²) in [6.45, 7) is 1.74. The van der Waals surface area contributed by atoms with Gasteiger partial charge in [-0.3, -0.25) is 9.67 Å². The van der Waals surface area contributed by atoms with E-state index in [2.05, 4.69) is 36.1 Å². The fourth-order valence-electron chi connectivity index (χ4n) is 2.80. The van der Waals surface area contributed by atoms with Crippen LogP contribution < -0.4 is 5.32 Å². The number of nitrogens with one attached hydrogen (secondary N) is 1. The molecule has 24 heavy (non-hydrogen) atoms. The molecule has 1 N–H and O–H groups in total. The van der Waals surface area contributed by atoms with Crippen LogP contribution in [0.15, 0.2) is 49.1 Å². The maximum Gasteiger partial charge on any atom is 0.223 e. The van der Waals surface area contributed by atoms with Gasteiger partial charge in [-0.25, -0.2) is 9.97 Å². The van der Waals surface area contributed by atoms with Crippen LogP contribution in [-0.2, 0) is 6.54 Å². The van der Waals surface area contributed by atoms with Crippen molar-refractivity contribution >= 4 is 5.95 Å². The normalized spacial score (nSPS) is 13.8. The van der Waals surface area contributed by atoms with E-state index in [4.69, 9.17) is 0 Å². The lowest BCUT2D eigenvalue weighted by atomic mass is 10.2. The standard InChI is InChI=1S/C18H20N6/c1-3-15(13-19-8-1)16-6-10-21-18(23-16)20-9-2-12-24-17(7-11-22-24)14-4-5-14/h1,3,6-8,10-11,13-14H,2,4-5,9,12H2,(H,20,21,23). The van der Waals surface area contributed by atoms with Crippen LogP contribution in [0.2, 0.25) is 0 Å². The molecule has 0 aliphatic heterocycles. The molecule has 3 aromatic rings. The molecule has 0 atom stereocenters. The smallest absolute Gasteiger partial charge is 0.223 e. The van der Waals surface area contributed by atoms with E-state index in [0.717, 1.165) is 36.7 Å². The maximum absolute atomic E-state index is 4.55. The number of anilines is 1. The number of pyridine rings is 1. The molecule has 0 radical (unpaired) electrons. The second kappa shape index (κ2) is 6.78. The molecule has 3 aromatic heterocycles. The summed E-state index contributed by atoms with van der Waals surface area (Å²) in [4.78, 5) is 13.0. The quantitative estimate of drug-likeness (QED) is 0.677. The lowest BCUT2D eigenvalue weighted by molar-refractivity contribution is 0.565. The van der Waals surface area contributed by atoms with Gasteiger partial charge in [0.15, 0.2) is 0 Å². The summed E-state index contributed by atoms with van der Waals surface area (Å²) >= 11 is 0. The Morgan fingerprint density at radius 2 is 2.08 bits per heavy atom. The van der Waals surface area contributed by atoms with Crippen LogP contribution in [-0.4, -0.2) is 31.3 Å². The van der Waals surface area contributed by atoms with Crippen molar-refractivity contribution in [3.63, 3.8) is 0 Å². The van der Waals surface area contributed by atoms with Gasteiger partial charge in [0.05, 0.1) is 5.69 Å². The van der Waals surface area contributed by atoms with Crippen molar-refractivity contribution in [2.24, 2.45) is 0 Å². The lowest BCUT2D eigenvalue weighted by Crippen LogP contribution is -2.11. The number of aryl methyl sites for hydroxylation is 1. The van der Waals surface area contributed by atoms with Crippen LogP contribution in [0.3, 0.4) is 0 Å². The van der Waals surface area contributed by atoms with Crippen molar-refractivity contribution in [2.45, 2.75) is 31.7 Å². The largest absolute Gasteiger partial charge is 0.354 e. The number of hydrogen-bond acceptors (Lipinski definition) is 5. The summed E-state index contributed by atoms with van der Waals surface area (Å²) in [6.07, 6.45) is 10.8. The third kappa shape index (κ3) is 3.42. The average Bonchev–Trinajstić information content (AvgIpc) is 3.38. The van der Waals surface area contributed by atoms with Crippen LogP contribution in [0, 0.1) is 0 Å². The molecule has 0 bridgehead atoms. The zero-order valence-corrected chi connectivity index (χ0v) is 13.5. The predicted molar refractivity (Wildman–Crippen MR) is 92.6 cm³/mol. The summed E-state index contributed by atoms with van der Waals surface area (Å²) in [5.74, 6) is 1.39. The highest BCUT2D eigenvalue weighted by Gasteiger charge is 2.26. The Labute approximate surface area is 141 Å². The van der Waals surface area contributed by atoms with E-state index < -0.39 is 0 Å². The highest BCUT2D eigenvalue weighted by atomic mass is 15.3. The zero-order chi connectivity index (χ0) is 16.2. The highest BCUT2D eigenvalue weighted by Crippen LogP contribution is 2.39. The molecule has 1 aliphatic rings. The SMILES string of the molecule is c1cncc(-c2ccnc(NCCCn3nccc3C3CC3)n2)c1. The molecule has 6 nitrogen and oxygen atoms in total. The summed E-state index contributed by atoms with van der Waals surface area (Å²) < 4.78 is 2.13. The number of nitrogens with zero attached hydrogens (tertiary/aromatic N) is 5. The topological polar surface area (TPSA) is 68.5 Å². The van der Waals surface area contributed by atoms with E-state index in [-0.39, 0.29) is 0 Å². The van der Waals surface area contributed by atoms with E-state index in [9.17, 15) is 0 Å². The van der Waals surface area contributed by atoms with Gasteiger partial charge in [-0.15, -0.1) is 0 Å². The minimum Gasteiger partial charge on any atom is -0.354 e. The molecule has 6 heteroatoms. The molecule has 1 fully saturated rings. The third-order valence-corrected chi connectivity index (χ3v) is 4.19. The second-order valence-corrected chi connectivity index (χ2v) is 6.04. The Kier molecular flexibility index (Phi) is 4.18. The molecular formula is C18H20N6. The van der Waals surface area contributed by atoms with Crippen molar-refractivity contribution in [1.82, 2.24) is 24.7 Å². The van der Waals surface area contributed by atoms with Crippen molar-refractivity contribution in [2.75, 3.05) is 11.9 Å². The van der Waals surface area contributed by atoms with Gasteiger partial charge in [0.1, 0.15) is 0 Å². The molecular weight excluding hydrogens is 300 g/mol.